The van der Waals surface area contributed by atoms with Gasteiger partial charge in [-0.3, -0.25) is 19.4 Å². The molecule has 12 nitrogen and oxygen atoms in total. The van der Waals surface area contributed by atoms with Crippen LogP contribution in [0.4, 0.5) is 0 Å². The van der Waals surface area contributed by atoms with Gasteiger partial charge in [0.1, 0.15) is 11.9 Å². The summed E-state index contributed by atoms with van der Waals surface area (Å²) in [5.74, 6) is -0.805. The molecule has 0 bridgehead atoms. The molecule has 1 fully saturated rings. The van der Waals surface area contributed by atoms with Gasteiger partial charge < -0.3 is 41.7 Å². The van der Waals surface area contributed by atoms with Gasteiger partial charge in [0.25, 0.3) is 0 Å². The molecule has 12 heteroatoms. The first-order chi connectivity index (χ1) is 28.7. The number of carbonyl (C=O) groups is 3. The number of nitrogens with one attached hydrogen (secondary N) is 3. The summed E-state index contributed by atoms with van der Waals surface area (Å²) in [6, 6.07) is 26.1. The number of guanidine groups is 1. The molecule has 0 spiro atoms. The van der Waals surface area contributed by atoms with Crippen molar-refractivity contribution in [3.8, 4) is 5.75 Å². The highest BCUT2D eigenvalue weighted by Gasteiger charge is 2.28. The lowest BCUT2D eigenvalue weighted by molar-refractivity contribution is -0.149. The number of ether oxygens (including phenoxy) is 2. The predicted molar refractivity (Wildman–Crippen MR) is 233 cm³/mol. The summed E-state index contributed by atoms with van der Waals surface area (Å²) >= 11 is 0. The van der Waals surface area contributed by atoms with E-state index < -0.39 is 18.1 Å². The second-order valence-corrected chi connectivity index (χ2v) is 15.9. The van der Waals surface area contributed by atoms with E-state index in [9.17, 15) is 19.5 Å². The molecule has 4 atom stereocenters. The van der Waals surface area contributed by atoms with Crippen LogP contribution in [-0.4, -0.2) is 71.8 Å². The SMILES string of the molecule is NC(N)=NCCC[C@H]1CC[C@@H](Cc2cc3ccccc3[nH]2)C(=O)OCCCCCCCCCCC(=O)N[C@@H](Cc2ccc(O)cc2)CO[C@H](Cc2ccccc2)C(=O)N1. The summed E-state index contributed by atoms with van der Waals surface area (Å²) in [4.78, 5) is 49.0. The number of benzene rings is 3. The van der Waals surface area contributed by atoms with Crippen molar-refractivity contribution in [2.75, 3.05) is 19.8 Å². The number of nitrogens with two attached hydrogens (primary N) is 2. The number of phenols is 1. The minimum absolute atomic E-state index is 0.00849. The summed E-state index contributed by atoms with van der Waals surface area (Å²) in [7, 11) is 0. The molecule has 2 heterocycles. The van der Waals surface area contributed by atoms with Crippen LogP contribution in [0.1, 0.15) is 100 Å². The normalized spacial score (nSPS) is 21.4. The van der Waals surface area contributed by atoms with Crippen LogP contribution in [0.15, 0.2) is 89.9 Å². The second-order valence-electron chi connectivity index (χ2n) is 15.9. The number of aliphatic imine (C=N–C) groups is 1. The molecule has 1 saturated heterocycles. The monoisotopic (exact) mass is 808 g/mol. The minimum atomic E-state index is -0.866. The van der Waals surface area contributed by atoms with Gasteiger partial charge in [0, 0.05) is 43.1 Å². The smallest absolute Gasteiger partial charge is 0.309 e. The van der Waals surface area contributed by atoms with Crippen LogP contribution >= 0.6 is 0 Å². The highest BCUT2D eigenvalue weighted by Crippen LogP contribution is 2.23. The summed E-state index contributed by atoms with van der Waals surface area (Å²) in [5.41, 5.74) is 15.1. The van der Waals surface area contributed by atoms with Gasteiger partial charge in [0.05, 0.1) is 25.2 Å². The maximum atomic E-state index is 14.4. The standard InChI is InChI=1S/C47H64N6O6/c48-47(49)50-27-14-18-38-24-23-37(32-39-31-36-17-11-12-19-42(36)51-39)46(57)58-28-13-6-4-2-1-3-5-10-20-44(55)52-40(29-35-21-25-41(54)26-22-35)33-59-43(45(56)53-38)30-34-15-8-7-9-16-34/h7-9,11-12,15-17,19,21-22,25-26,31,37-38,40,43,51,54H,1-6,10,13-14,18,20,23-24,27-30,32-33H2,(H,52,55)(H,53,56)(H4,48,49,50)/t37-,38-,40-,43+/m0/s1. The molecule has 0 saturated carbocycles. The van der Waals surface area contributed by atoms with Crippen molar-refractivity contribution in [2.24, 2.45) is 22.4 Å². The van der Waals surface area contributed by atoms with Crippen LogP contribution in [-0.2, 0) is 43.1 Å². The van der Waals surface area contributed by atoms with Crippen LogP contribution in [0.2, 0.25) is 0 Å². The highest BCUT2D eigenvalue weighted by atomic mass is 16.5. The molecule has 0 aliphatic carbocycles. The van der Waals surface area contributed by atoms with Crippen molar-refractivity contribution in [3.63, 3.8) is 0 Å². The Morgan fingerprint density at radius 2 is 1.44 bits per heavy atom. The van der Waals surface area contributed by atoms with Gasteiger partial charge in [0.15, 0.2) is 5.96 Å². The number of aromatic nitrogens is 1. The molecule has 5 rings (SSSR count). The van der Waals surface area contributed by atoms with E-state index in [1.165, 1.54) is 0 Å². The van der Waals surface area contributed by atoms with Crippen LogP contribution in [0.5, 0.6) is 5.75 Å². The Kier molecular flexibility index (Phi) is 18.6. The van der Waals surface area contributed by atoms with Crippen molar-refractivity contribution in [2.45, 2.75) is 121 Å². The lowest BCUT2D eigenvalue weighted by Gasteiger charge is -2.26. The number of aromatic hydroxyl groups is 1. The topological polar surface area (TPSA) is 194 Å². The molecule has 1 aromatic heterocycles. The number of amides is 2. The fourth-order valence-corrected chi connectivity index (χ4v) is 7.74. The number of hydrogen-bond donors (Lipinski definition) is 6. The van der Waals surface area contributed by atoms with E-state index in [1.54, 1.807) is 12.1 Å². The van der Waals surface area contributed by atoms with Crippen LogP contribution in [0.3, 0.4) is 0 Å². The third-order valence-electron chi connectivity index (χ3n) is 11.0. The van der Waals surface area contributed by atoms with Gasteiger partial charge in [-0.25, -0.2) is 0 Å². The molecule has 2 amide bonds. The maximum absolute atomic E-state index is 14.4. The zero-order chi connectivity index (χ0) is 41.7. The van der Waals surface area contributed by atoms with Crippen LogP contribution < -0.4 is 22.1 Å². The number of nitrogens with zero attached hydrogens (tertiary/aromatic N) is 1. The molecular formula is C47H64N6O6. The van der Waals surface area contributed by atoms with Gasteiger partial charge >= 0.3 is 5.97 Å². The quantitative estimate of drug-likeness (QED) is 0.0437. The average molecular weight is 809 g/mol. The summed E-state index contributed by atoms with van der Waals surface area (Å²) in [6.45, 7) is 0.880. The lowest BCUT2D eigenvalue weighted by Crippen LogP contribution is -2.46. The number of esters is 1. The Balaban J connectivity index is 1.38. The fraction of sp³-hybridized carbons (Fsp3) is 0.489. The van der Waals surface area contributed by atoms with Gasteiger partial charge in [-0.15, -0.1) is 0 Å². The average Bonchev–Trinajstić information content (AvgIpc) is 3.64. The zero-order valence-electron chi connectivity index (χ0n) is 34.4. The van der Waals surface area contributed by atoms with Crippen LogP contribution in [0.25, 0.3) is 10.9 Å². The number of H-pyrrole nitrogens is 1. The van der Waals surface area contributed by atoms with Crippen molar-refractivity contribution in [1.29, 1.82) is 0 Å². The van der Waals surface area contributed by atoms with E-state index >= 15 is 0 Å². The zero-order valence-corrected chi connectivity index (χ0v) is 34.4. The minimum Gasteiger partial charge on any atom is -0.508 e. The number of rotatable bonds is 10. The van der Waals surface area contributed by atoms with E-state index in [0.29, 0.717) is 64.5 Å². The van der Waals surface area contributed by atoms with Gasteiger partial charge in [-0.05, 0) is 85.7 Å². The maximum Gasteiger partial charge on any atom is 0.309 e. The van der Waals surface area contributed by atoms with E-state index in [2.05, 4.69) is 26.7 Å². The molecule has 1 aliphatic rings. The molecule has 8 N–H and O–H groups in total. The molecule has 1 aliphatic heterocycles. The first kappa shape index (κ1) is 44.7. The van der Waals surface area contributed by atoms with Crippen molar-refractivity contribution >= 4 is 34.6 Å². The second kappa shape index (κ2) is 24.5. The third-order valence-corrected chi connectivity index (χ3v) is 11.0. The number of phenolic OH excluding ortho intramolecular Hbond substituents is 1. The molecule has 0 radical (unpaired) electrons. The summed E-state index contributed by atoms with van der Waals surface area (Å²) < 4.78 is 12.4. The molecule has 0 unspecified atom stereocenters. The number of cyclic esters (lactones) is 1. The van der Waals surface area contributed by atoms with E-state index in [-0.39, 0.29) is 42.1 Å². The van der Waals surface area contributed by atoms with Gasteiger partial charge in [-0.2, -0.15) is 0 Å². The Hall–Kier alpha value is -5.36. The molecular weight excluding hydrogens is 745 g/mol. The summed E-state index contributed by atoms with van der Waals surface area (Å²) in [6.07, 6.45) is 10.9. The Morgan fingerprint density at radius 3 is 2.19 bits per heavy atom. The molecule has 3 aromatic carbocycles. The Bertz CT molecular complexity index is 1860. The van der Waals surface area contributed by atoms with Gasteiger partial charge in [0.2, 0.25) is 11.8 Å². The Labute approximate surface area is 348 Å². The third kappa shape index (κ3) is 16.4. The van der Waals surface area contributed by atoms with E-state index in [1.807, 2.05) is 66.7 Å². The first-order valence-corrected chi connectivity index (χ1v) is 21.5. The van der Waals surface area contributed by atoms with Crippen molar-refractivity contribution < 1.29 is 29.0 Å². The summed E-state index contributed by atoms with van der Waals surface area (Å²) in [5, 5.41) is 17.4. The van der Waals surface area contributed by atoms with Crippen molar-refractivity contribution in [3.05, 3.63) is 102 Å². The van der Waals surface area contributed by atoms with Crippen molar-refractivity contribution in [1.82, 2.24) is 15.6 Å². The Morgan fingerprint density at radius 1 is 0.746 bits per heavy atom. The first-order valence-electron chi connectivity index (χ1n) is 21.5. The van der Waals surface area contributed by atoms with E-state index in [0.717, 1.165) is 79.1 Å². The number of carbonyl (C=O) groups excluding carboxylic acids is 3. The number of hydrogen-bond acceptors (Lipinski definition) is 7. The van der Waals surface area contributed by atoms with E-state index in [4.69, 9.17) is 20.9 Å². The number of para-hydroxylation sites is 1. The molecule has 59 heavy (non-hydrogen) atoms. The lowest BCUT2D eigenvalue weighted by atomic mass is 9.93. The number of fused-ring (bicyclic) bond motifs is 1. The molecule has 318 valence electrons. The highest BCUT2D eigenvalue weighted by molar-refractivity contribution is 5.82. The number of aromatic amines is 1. The molecule has 4 aromatic rings. The van der Waals surface area contributed by atoms with Crippen LogP contribution in [0, 0.1) is 5.92 Å². The van der Waals surface area contributed by atoms with Gasteiger partial charge in [-0.1, -0.05) is 99.2 Å². The largest absolute Gasteiger partial charge is 0.508 e. The fourth-order valence-electron chi connectivity index (χ4n) is 7.74. The predicted octanol–water partition coefficient (Wildman–Crippen LogP) is 6.77.